The molecule has 0 aliphatic heterocycles. The third-order valence-corrected chi connectivity index (χ3v) is 6.65. The van der Waals surface area contributed by atoms with E-state index in [1.54, 1.807) is 37.3 Å². The first-order valence-corrected chi connectivity index (χ1v) is 12.6. The van der Waals surface area contributed by atoms with Gasteiger partial charge in [-0.05, 0) is 43.3 Å². The van der Waals surface area contributed by atoms with E-state index in [1.807, 2.05) is 0 Å². The summed E-state index contributed by atoms with van der Waals surface area (Å²) in [7, 11) is 2.98. The van der Waals surface area contributed by atoms with Crippen LogP contribution < -0.4 is 25.0 Å². The number of esters is 1. The Balaban J connectivity index is 1.64. The van der Waals surface area contributed by atoms with Crippen LogP contribution in [-0.4, -0.2) is 44.3 Å². The zero-order chi connectivity index (χ0) is 28.1. The Morgan fingerprint density at radius 3 is 2.64 bits per heavy atom. The van der Waals surface area contributed by atoms with Gasteiger partial charge >= 0.3 is 5.97 Å². The lowest BCUT2D eigenvalue weighted by Crippen LogP contribution is -2.22. The van der Waals surface area contributed by atoms with Gasteiger partial charge in [-0.15, -0.1) is 0 Å². The molecular formula is C27H23ClN2O8S. The maximum Gasteiger partial charge on any atom is 0.350 e. The molecule has 1 N–H and O–H groups in total. The molecule has 0 atom stereocenters. The molecule has 0 spiro atoms. The maximum atomic E-state index is 13.4. The molecule has 0 saturated carbocycles. The van der Waals surface area contributed by atoms with Gasteiger partial charge in [0.15, 0.2) is 29.0 Å². The Bertz CT molecular complexity index is 1630. The van der Waals surface area contributed by atoms with E-state index in [4.69, 9.17) is 35.0 Å². The van der Waals surface area contributed by atoms with Crippen molar-refractivity contribution in [2.24, 2.45) is 0 Å². The molecule has 39 heavy (non-hydrogen) atoms. The average Bonchev–Trinajstić information content (AvgIpc) is 3.30. The second-order valence-electron chi connectivity index (χ2n) is 7.96. The van der Waals surface area contributed by atoms with Crippen molar-refractivity contribution in [2.75, 3.05) is 32.8 Å². The van der Waals surface area contributed by atoms with Gasteiger partial charge in [0, 0.05) is 10.6 Å². The molecule has 0 radical (unpaired) electrons. The van der Waals surface area contributed by atoms with Crippen molar-refractivity contribution >= 4 is 50.9 Å². The average molecular weight is 571 g/mol. The fraction of sp³-hybridized carbons (Fsp3) is 0.185. The quantitative estimate of drug-likeness (QED) is 0.201. The normalized spacial score (nSPS) is 10.7. The van der Waals surface area contributed by atoms with Crippen molar-refractivity contribution in [3.05, 3.63) is 74.9 Å². The SMILES string of the molecule is C=CCOC(=O)c1sc(NC(=O)COc2c(-c3ccc(OC)c(OC)c3)oc3ccc(Cl)cc3c2=O)nc1C. The van der Waals surface area contributed by atoms with Crippen molar-refractivity contribution in [1.82, 2.24) is 4.98 Å². The lowest BCUT2D eigenvalue weighted by Gasteiger charge is -2.13. The Hall–Kier alpha value is -4.35. The van der Waals surface area contributed by atoms with Crippen LogP contribution >= 0.6 is 22.9 Å². The van der Waals surface area contributed by atoms with Crippen molar-refractivity contribution in [2.45, 2.75) is 6.92 Å². The van der Waals surface area contributed by atoms with Crippen LogP contribution in [0.3, 0.4) is 0 Å². The molecule has 10 nitrogen and oxygen atoms in total. The fourth-order valence-corrected chi connectivity index (χ4v) is 4.63. The minimum Gasteiger partial charge on any atom is -0.493 e. The summed E-state index contributed by atoms with van der Waals surface area (Å²) in [5.74, 6) is -0.423. The van der Waals surface area contributed by atoms with Crippen molar-refractivity contribution < 1.29 is 33.0 Å². The molecule has 2 aromatic heterocycles. The monoisotopic (exact) mass is 570 g/mol. The molecular weight excluding hydrogens is 548 g/mol. The number of rotatable bonds is 10. The van der Waals surface area contributed by atoms with Crippen LogP contribution in [0.5, 0.6) is 17.2 Å². The number of methoxy groups -OCH3 is 2. The predicted octanol–water partition coefficient (Wildman–Crippen LogP) is 5.26. The number of fused-ring (bicyclic) bond motifs is 1. The summed E-state index contributed by atoms with van der Waals surface area (Å²) in [6.07, 6.45) is 1.45. The van der Waals surface area contributed by atoms with E-state index in [2.05, 4.69) is 16.9 Å². The van der Waals surface area contributed by atoms with Crippen LogP contribution in [0.15, 0.2) is 58.3 Å². The Kier molecular flexibility index (Phi) is 8.52. The number of halogens is 1. The largest absolute Gasteiger partial charge is 0.493 e. The first-order valence-electron chi connectivity index (χ1n) is 11.4. The van der Waals surface area contributed by atoms with E-state index in [0.29, 0.717) is 27.8 Å². The number of aromatic nitrogens is 1. The molecule has 2 heterocycles. The summed E-state index contributed by atoms with van der Waals surface area (Å²) in [5, 5.41) is 3.25. The summed E-state index contributed by atoms with van der Waals surface area (Å²) in [6.45, 7) is 4.62. The molecule has 0 saturated heterocycles. The third kappa shape index (κ3) is 6.05. The number of amides is 1. The molecule has 0 aliphatic rings. The highest BCUT2D eigenvalue weighted by Crippen LogP contribution is 2.37. The number of thiazole rings is 1. The van der Waals surface area contributed by atoms with Gasteiger partial charge in [-0.3, -0.25) is 14.9 Å². The molecule has 4 rings (SSSR count). The summed E-state index contributed by atoms with van der Waals surface area (Å²) in [4.78, 5) is 42.7. The highest BCUT2D eigenvalue weighted by Gasteiger charge is 2.22. The third-order valence-electron chi connectivity index (χ3n) is 5.36. The highest BCUT2D eigenvalue weighted by molar-refractivity contribution is 7.17. The smallest absolute Gasteiger partial charge is 0.350 e. The van der Waals surface area contributed by atoms with Crippen molar-refractivity contribution in [1.29, 1.82) is 0 Å². The number of aryl methyl sites for hydroxylation is 1. The second kappa shape index (κ2) is 12.0. The minimum atomic E-state index is -0.612. The maximum absolute atomic E-state index is 13.4. The number of benzene rings is 2. The summed E-state index contributed by atoms with van der Waals surface area (Å²) in [5.41, 5.74) is 0.608. The number of anilines is 1. The lowest BCUT2D eigenvalue weighted by molar-refractivity contribution is -0.118. The molecule has 0 fully saturated rings. The number of ether oxygens (including phenoxy) is 4. The van der Waals surface area contributed by atoms with Crippen LogP contribution in [0, 0.1) is 6.92 Å². The lowest BCUT2D eigenvalue weighted by atomic mass is 10.1. The van der Waals surface area contributed by atoms with Gasteiger partial charge in [0.2, 0.25) is 11.2 Å². The summed E-state index contributed by atoms with van der Waals surface area (Å²) >= 11 is 7.05. The zero-order valence-electron chi connectivity index (χ0n) is 21.2. The van der Waals surface area contributed by atoms with E-state index in [1.165, 1.54) is 26.4 Å². The van der Waals surface area contributed by atoms with Crippen LogP contribution in [0.2, 0.25) is 5.02 Å². The number of nitrogens with zero attached hydrogens (tertiary/aromatic N) is 1. The van der Waals surface area contributed by atoms with E-state index < -0.39 is 23.9 Å². The van der Waals surface area contributed by atoms with Gasteiger partial charge in [-0.1, -0.05) is 35.6 Å². The van der Waals surface area contributed by atoms with Crippen LogP contribution in [-0.2, 0) is 9.53 Å². The molecule has 0 aliphatic carbocycles. The topological polar surface area (TPSA) is 126 Å². The molecule has 12 heteroatoms. The Labute approximate surface area is 231 Å². The van der Waals surface area contributed by atoms with Gasteiger partial charge in [0.05, 0.1) is 25.3 Å². The van der Waals surface area contributed by atoms with E-state index in [-0.39, 0.29) is 39.1 Å². The van der Waals surface area contributed by atoms with E-state index in [0.717, 1.165) is 11.3 Å². The van der Waals surface area contributed by atoms with Gasteiger partial charge < -0.3 is 23.4 Å². The van der Waals surface area contributed by atoms with Gasteiger partial charge in [0.1, 0.15) is 17.1 Å². The minimum absolute atomic E-state index is 0.0493. The zero-order valence-corrected chi connectivity index (χ0v) is 22.7. The Morgan fingerprint density at radius 2 is 1.92 bits per heavy atom. The first kappa shape index (κ1) is 27.7. The summed E-state index contributed by atoms with van der Waals surface area (Å²) in [6, 6.07) is 9.56. The van der Waals surface area contributed by atoms with Crippen molar-refractivity contribution in [3.63, 3.8) is 0 Å². The van der Waals surface area contributed by atoms with Crippen LogP contribution in [0.25, 0.3) is 22.3 Å². The number of hydrogen-bond donors (Lipinski definition) is 1. The number of hydrogen-bond acceptors (Lipinski definition) is 10. The molecule has 0 bridgehead atoms. The van der Waals surface area contributed by atoms with Gasteiger partial charge in [-0.25, -0.2) is 9.78 Å². The molecule has 0 unspecified atom stereocenters. The molecule has 2 aromatic carbocycles. The van der Waals surface area contributed by atoms with Crippen molar-refractivity contribution in [3.8, 4) is 28.6 Å². The Morgan fingerprint density at radius 1 is 1.15 bits per heavy atom. The number of carbonyl (C=O) groups is 2. The van der Waals surface area contributed by atoms with E-state index >= 15 is 0 Å². The standard InChI is InChI=1S/C27H23ClN2O8S/c1-5-10-36-26(33)25-14(2)29-27(39-25)30-21(31)13-37-24-22(32)17-12-16(28)7-9-18(17)38-23(24)15-6-8-19(34-3)20(11-15)35-4/h5-9,11-12H,1,10,13H2,2-4H3,(H,29,30,31). The second-order valence-corrected chi connectivity index (χ2v) is 9.39. The molecule has 4 aromatic rings. The fourth-order valence-electron chi connectivity index (χ4n) is 3.58. The number of carbonyl (C=O) groups excluding carboxylic acids is 2. The van der Waals surface area contributed by atoms with Gasteiger partial charge in [0.25, 0.3) is 5.91 Å². The molecule has 202 valence electrons. The predicted molar refractivity (Wildman–Crippen MR) is 147 cm³/mol. The van der Waals surface area contributed by atoms with E-state index in [9.17, 15) is 14.4 Å². The molecule has 1 amide bonds. The van der Waals surface area contributed by atoms with Crippen LogP contribution in [0.4, 0.5) is 5.13 Å². The number of nitrogens with one attached hydrogen (secondary N) is 1. The highest BCUT2D eigenvalue weighted by atomic mass is 35.5. The first-order chi connectivity index (χ1) is 18.7. The van der Waals surface area contributed by atoms with Gasteiger partial charge in [-0.2, -0.15) is 0 Å². The summed E-state index contributed by atoms with van der Waals surface area (Å²) < 4.78 is 27.4. The van der Waals surface area contributed by atoms with Crippen LogP contribution in [0.1, 0.15) is 15.4 Å².